The summed E-state index contributed by atoms with van der Waals surface area (Å²) < 4.78 is 10.5. The molecule has 0 spiro atoms. The number of carbonyl (C=O) groups excluding carboxylic acids is 1. The van der Waals surface area contributed by atoms with Crippen LogP contribution in [0.3, 0.4) is 0 Å². The maximum Gasteiger partial charge on any atom is 0.264 e. The number of terminal acetylenes is 1. The van der Waals surface area contributed by atoms with E-state index in [9.17, 15) is 4.79 Å². The van der Waals surface area contributed by atoms with Gasteiger partial charge < -0.3 is 14.8 Å². The first kappa shape index (κ1) is 17.6. The monoisotopic (exact) mass is 364 g/mol. The van der Waals surface area contributed by atoms with Gasteiger partial charge in [0.25, 0.3) is 5.91 Å². The molecule has 1 amide bonds. The first-order valence-corrected chi connectivity index (χ1v) is 8.59. The molecule has 0 unspecified atom stereocenters. The number of benzene rings is 2. The van der Waals surface area contributed by atoms with Gasteiger partial charge >= 0.3 is 0 Å². The minimum absolute atomic E-state index is 0.171. The smallest absolute Gasteiger partial charge is 0.264 e. The molecular weight excluding hydrogens is 348 g/mol. The molecule has 3 rings (SSSR count). The van der Waals surface area contributed by atoms with E-state index in [2.05, 4.69) is 16.2 Å². The second-order valence-corrected chi connectivity index (χ2v) is 6.27. The quantitative estimate of drug-likeness (QED) is 0.651. The van der Waals surface area contributed by atoms with Crippen molar-refractivity contribution in [3.8, 4) is 23.8 Å². The summed E-state index contributed by atoms with van der Waals surface area (Å²) >= 11 is 1.30. The highest BCUT2D eigenvalue weighted by Gasteiger charge is 2.23. The predicted molar refractivity (Wildman–Crippen MR) is 105 cm³/mol. The van der Waals surface area contributed by atoms with Crippen LogP contribution in [0.25, 0.3) is 6.08 Å². The Balaban J connectivity index is 1.71. The Morgan fingerprint density at radius 3 is 2.50 bits per heavy atom. The van der Waals surface area contributed by atoms with Gasteiger partial charge in [0.05, 0.1) is 17.7 Å². The Morgan fingerprint density at radius 2 is 1.85 bits per heavy atom. The van der Waals surface area contributed by atoms with Crippen molar-refractivity contribution < 1.29 is 14.3 Å². The number of amidine groups is 1. The molecule has 0 bridgehead atoms. The topological polar surface area (TPSA) is 59.9 Å². The fourth-order valence-corrected chi connectivity index (χ4v) is 3.03. The molecule has 0 aliphatic carbocycles. The second-order valence-electron chi connectivity index (χ2n) is 5.24. The highest BCUT2D eigenvalue weighted by Crippen LogP contribution is 2.29. The van der Waals surface area contributed by atoms with Crippen LogP contribution in [0.15, 0.2) is 58.4 Å². The molecule has 1 N–H and O–H groups in total. The third-order valence-electron chi connectivity index (χ3n) is 3.45. The number of amides is 1. The van der Waals surface area contributed by atoms with Crippen LogP contribution < -0.4 is 14.8 Å². The fraction of sp³-hybridized carbons (Fsp3) is 0.100. The van der Waals surface area contributed by atoms with E-state index in [-0.39, 0.29) is 12.5 Å². The molecule has 0 saturated carbocycles. The molecule has 26 heavy (non-hydrogen) atoms. The number of ether oxygens (including phenoxy) is 2. The van der Waals surface area contributed by atoms with Crippen LogP contribution in [0.5, 0.6) is 11.5 Å². The van der Waals surface area contributed by atoms with E-state index in [4.69, 9.17) is 15.9 Å². The Labute approximate surface area is 156 Å². The molecule has 1 aliphatic rings. The SMILES string of the molecule is C#CCOc1ccc(/C=C2/SC(=Nc3ccc(OC)cc3)NC2=O)cc1. The average Bonchev–Trinajstić information content (AvgIpc) is 3.00. The number of rotatable bonds is 5. The van der Waals surface area contributed by atoms with Gasteiger partial charge in [-0.05, 0) is 59.8 Å². The van der Waals surface area contributed by atoms with E-state index >= 15 is 0 Å². The summed E-state index contributed by atoms with van der Waals surface area (Å²) in [6.45, 7) is 0.226. The van der Waals surface area contributed by atoms with Crippen LogP contribution in [-0.4, -0.2) is 24.8 Å². The Bertz CT molecular complexity index is 894. The highest BCUT2D eigenvalue weighted by molar-refractivity contribution is 8.18. The van der Waals surface area contributed by atoms with Crippen molar-refractivity contribution in [3.05, 3.63) is 59.0 Å². The molecule has 0 radical (unpaired) electrons. The van der Waals surface area contributed by atoms with Gasteiger partial charge in [-0.15, -0.1) is 6.42 Å². The van der Waals surface area contributed by atoms with Crippen LogP contribution in [0.2, 0.25) is 0 Å². The summed E-state index contributed by atoms with van der Waals surface area (Å²) in [7, 11) is 1.61. The summed E-state index contributed by atoms with van der Waals surface area (Å²) in [5.41, 5.74) is 1.63. The number of thioether (sulfide) groups is 1. The fourth-order valence-electron chi connectivity index (χ4n) is 2.19. The van der Waals surface area contributed by atoms with E-state index in [0.717, 1.165) is 17.0 Å². The molecule has 1 aliphatic heterocycles. The van der Waals surface area contributed by atoms with E-state index in [1.54, 1.807) is 7.11 Å². The normalized spacial score (nSPS) is 16.4. The third-order valence-corrected chi connectivity index (χ3v) is 4.36. The summed E-state index contributed by atoms with van der Waals surface area (Å²) in [6, 6.07) is 14.7. The molecule has 0 aromatic heterocycles. The van der Waals surface area contributed by atoms with E-state index in [0.29, 0.717) is 15.8 Å². The summed E-state index contributed by atoms with van der Waals surface area (Å²) in [4.78, 5) is 17.2. The summed E-state index contributed by atoms with van der Waals surface area (Å²) in [5, 5.41) is 3.31. The van der Waals surface area contributed by atoms with Gasteiger partial charge in [0.1, 0.15) is 18.1 Å². The Hall–Kier alpha value is -3.17. The van der Waals surface area contributed by atoms with Gasteiger partial charge in [0.15, 0.2) is 5.17 Å². The predicted octanol–water partition coefficient (Wildman–Crippen LogP) is 3.60. The number of nitrogens with zero attached hydrogens (tertiary/aromatic N) is 1. The molecular formula is C20H16N2O3S. The minimum atomic E-state index is -0.171. The van der Waals surface area contributed by atoms with Gasteiger partial charge in [-0.2, -0.15) is 0 Å². The van der Waals surface area contributed by atoms with Crippen molar-refractivity contribution in [2.45, 2.75) is 0 Å². The first-order chi connectivity index (χ1) is 12.7. The van der Waals surface area contributed by atoms with Gasteiger partial charge in [0.2, 0.25) is 0 Å². The Morgan fingerprint density at radius 1 is 1.15 bits per heavy atom. The van der Waals surface area contributed by atoms with Gasteiger partial charge in [-0.1, -0.05) is 18.1 Å². The zero-order chi connectivity index (χ0) is 18.4. The maximum absolute atomic E-state index is 12.1. The van der Waals surface area contributed by atoms with Crippen molar-refractivity contribution in [3.63, 3.8) is 0 Å². The molecule has 1 fully saturated rings. The first-order valence-electron chi connectivity index (χ1n) is 7.78. The maximum atomic E-state index is 12.1. The van der Waals surface area contributed by atoms with E-state index in [1.165, 1.54) is 11.8 Å². The number of nitrogens with one attached hydrogen (secondary N) is 1. The van der Waals surface area contributed by atoms with Gasteiger partial charge in [-0.3, -0.25) is 4.79 Å². The van der Waals surface area contributed by atoms with Crippen LogP contribution >= 0.6 is 11.8 Å². The molecule has 5 nitrogen and oxygen atoms in total. The summed E-state index contributed by atoms with van der Waals surface area (Å²) in [6.07, 6.45) is 6.97. The lowest BCUT2D eigenvalue weighted by atomic mass is 10.2. The number of hydrogen-bond donors (Lipinski definition) is 1. The summed E-state index contributed by atoms with van der Waals surface area (Å²) in [5.74, 6) is 3.69. The van der Waals surface area contributed by atoms with Crippen LogP contribution in [0, 0.1) is 12.3 Å². The lowest BCUT2D eigenvalue weighted by Crippen LogP contribution is -2.19. The van der Waals surface area contributed by atoms with Crippen molar-refractivity contribution in [1.29, 1.82) is 0 Å². The van der Waals surface area contributed by atoms with Gasteiger partial charge in [-0.25, -0.2) is 4.99 Å². The molecule has 0 atom stereocenters. The molecule has 2 aromatic carbocycles. The number of carbonyl (C=O) groups is 1. The van der Waals surface area contributed by atoms with E-state index in [1.807, 2.05) is 54.6 Å². The average molecular weight is 364 g/mol. The minimum Gasteiger partial charge on any atom is -0.497 e. The molecule has 1 heterocycles. The second kappa shape index (κ2) is 8.28. The standard InChI is InChI=1S/C20H16N2O3S/c1-3-12-25-17-8-4-14(5-9-17)13-18-19(23)22-20(26-18)21-15-6-10-16(24-2)11-7-15/h1,4-11,13H,12H2,2H3,(H,21,22,23)/b18-13+. The van der Waals surface area contributed by atoms with Crippen molar-refractivity contribution in [2.75, 3.05) is 13.7 Å². The number of methoxy groups -OCH3 is 1. The molecule has 1 saturated heterocycles. The van der Waals surface area contributed by atoms with E-state index < -0.39 is 0 Å². The largest absolute Gasteiger partial charge is 0.497 e. The molecule has 130 valence electrons. The van der Waals surface area contributed by atoms with Crippen molar-refractivity contribution in [1.82, 2.24) is 5.32 Å². The number of hydrogen-bond acceptors (Lipinski definition) is 5. The zero-order valence-corrected chi connectivity index (χ0v) is 14.9. The van der Waals surface area contributed by atoms with Crippen molar-refractivity contribution >= 4 is 34.6 Å². The van der Waals surface area contributed by atoms with Crippen molar-refractivity contribution in [2.24, 2.45) is 4.99 Å². The zero-order valence-electron chi connectivity index (χ0n) is 14.1. The van der Waals surface area contributed by atoms with Crippen LogP contribution in [0.1, 0.15) is 5.56 Å². The lowest BCUT2D eigenvalue weighted by molar-refractivity contribution is -0.115. The van der Waals surface area contributed by atoms with Crippen LogP contribution in [0.4, 0.5) is 5.69 Å². The lowest BCUT2D eigenvalue weighted by Gasteiger charge is -2.02. The highest BCUT2D eigenvalue weighted by atomic mass is 32.2. The van der Waals surface area contributed by atoms with Crippen LogP contribution in [-0.2, 0) is 4.79 Å². The third kappa shape index (κ3) is 4.47. The molecule has 2 aromatic rings. The molecule has 6 heteroatoms. The van der Waals surface area contributed by atoms with Gasteiger partial charge in [0, 0.05) is 0 Å². The number of aliphatic imine (C=N–C) groups is 1. The Kier molecular flexibility index (Phi) is 5.62.